The summed E-state index contributed by atoms with van der Waals surface area (Å²) in [6.45, 7) is 6.53. The van der Waals surface area contributed by atoms with Crippen LogP contribution in [-0.4, -0.2) is 9.97 Å². The van der Waals surface area contributed by atoms with Crippen LogP contribution < -0.4 is 4.74 Å². The molecule has 0 saturated heterocycles. The molecular formula is C26H25ClN2OS2. The molecule has 0 N–H and O–H groups in total. The van der Waals surface area contributed by atoms with Gasteiger partial charge >= 0.3 is 0 Å². The number of aromatic nitrogens is 2. The van der Waals surface area contributed by atoms with Gasteiger partial charge in [-0.25, -0.2) is 4.98 Å². The number of rotatable bonds is 6. The molecular weight excluding hydrogens is 456 g/mol. The molecule has 0 radical (unpaired) electrons. The summed E-state index contributed by atoms with van der Waals surface area (Å²) in [7, 11) is 0. The minimum atomic E-state index is 0.444. The van der Waals surface area contributed by atoms with Gasteiger partial charge in [0.1, 0.15) is 16.4 Å². The Kier molecular flexibility index (Phi) is 6.15. The van der Waals surface area contributed by atoms with Crippen molar-refractivity contribution in [2.45, 2.75) is 56.6 Å². The number of benzene rings is 2. The number of thioether (sulfide) groups is 1. The Hall–Kier alpha value is -2.08. The van der Waals surface area contributed by atoms with Crippen LogP contribution in [0.15, 0.2) is 47.4 Å². The summed E-state index contributed by atoms with van der Waals surface area (Å²) in [5, 5.41) is 1.85. The molecule has 164 valence electrons. The lowest BCUT2D eigenvalue weighted by molar-refractivity contribution is 0.465. The zero-order valence-electron chi connectivity index (χ0n) is 18.4. The zero-order valence-corrected chi connectivity index (χ0v) is 20.8. The largest absolute Gasteiger partial charge is 0.438 e. The highest BCUT2D eigenvalue weighted by atomic mass is 35.5. The van der Waals surface area contributed by atoms with Gasteiger partial charge in [-0.3, -0.25) is 0 Å². The van der Waals surface area contributed by atoms with Crippen LogP contribution in [0.25, 0.3) is 10.2 Å². The molecule has 3 nitrogen and oxygen atoms in total. The van der Waals surface area contributed by atoms with Gasteiger partial charge in [0, 0.05) is 14.8 Å². The maximum absolute atomic E-state index is 6.48. The van der Waals surface area contributed by atoms with Crippen molar-refractivity contribution < 1.29 is 4.74 Å². The molecule has 32 heavy (non-hydrogen) atoms. The number of fused-ring (bicyclic) bond motifs is 3. The molecule has 2 aromatic heterocycles. The van der Waals surface area contributed by atoms with Crippen molar-refractivity contribution in [1.29, 1.82) is 0 Å². The van der Waals surface area contributed by atoms with Gasteiger partial charge in [-0.05, 0) is 85.2 Å². The van der Waals surface area contributed by atoms with Crippen LogP contribution in [0.5, 0.6) is 11.6 Å². The van der Waals surface area contributed by atoms with Crippen molar-refractivity contribution in [1.82, 2.24) is 9.97 Å². The van der Waals surface area contributed by atoms with E-state index in [4.69, 9.17) is 26.3 Å². The third-order valence-corrected chi connectivity index (χ3v) is 8.16. The second-order valence-electron chi connectivity index (χ2n) is 8.56. The molecule has 0 bridgehead atoms. The van der Waals surface area contributed by atoms with E-state index in [1.54, 1.807) is 23.1 Å². The van der Waals surface area contributed by atoms with E-state index in [2.05, 4.69) is 39.0 Å². The van der Waals surface area contributed by atoms with Crippen molar-refractivity contribution in [3.8, 4) is 11.6 Å². The summed E-state index contributed by atoms with van der Waals surface area (Å²) in [6.07, 6.45) is 3.41. The molecule has 2 heterocycles. The number of nitrogens with zero attached hydrogens (tertiary/aromatic N) is 2. The van der Waals surface area contributed by atoms with E-state index in [9.17, 15) is 0 Å². The molecule has 0 fully saturated rings. The van der Waals surface area contributed by atoms with Gasteiger partial charge in [0.15, 0.2) is 0 Å². The van der Waals surface area contributed by atoms with Crippen LogP contribution in [0.4, 0.5) is 0 Å². The van der Waals surface area contributed by atoms with Crippen molar-refractivity contribution in [2.24, 2.45) is 0 Å². The van der Waals surface area contributed by atoms with E-state index in [-0.39, 0.29) is 0 Å². The number of thiophene rings is 1. The van der Waals surface area contributed by atoms with E-state index in [0.29, 0.717) is 17.6 Å². The lowest BCUT2D eigenvalue weighted by atomic mass is 10.0. The quantitative estimate of drug-likeness (QED) is 0.260. The molecule has 0 atom stereocenters. The summed E-state index contributed by atoms with van der Waals surface area (Å²) < 4.78 is 6.48. The fourth-order valence-electron chi connectivity index (χ4n) is 4.10. The molecule has 0 saturated carbocycles. The van der Waals surface area contributed by atoms with Gasteiger partial charge in [0.05, 0.1) is 11.1 Å². The monoisotopic (exact) mass is 480 g/mol. The van der Waals surface area contributed by atoms with Crippen LogP contribution in [-0.2, 0) is 18.6 Å². The predicted molar refractivity (Wildman–Crippen MR) is 136 cm³/mol. The van der Waals surface area contributed by atoms with Crippen molar-refractivity contribution in [2.75, 3.05) is 0 Å². The highest BCUT2D eigenvalue weighted by Crippen LogP contribution is 2.42. The Labute approximate surface area is 202 Å². The number of ether oxygens (including phenoxy) is 1. The number of hydrogen-bond acceptors (Lipinski definition) is 5. The molecule has 0 amide bonds. The van der Waals surface area contributed by atoms with E-state index >= 15 is 0 Å². The summed E-state index contributed by atoms with van der Waals surface area (Å²) >= 11 is 9.53. The molecule has 2 aromatic carbocycles. The maximum Gasteiger partial charge on any atom is 0.231 e. The van der Waals surface area contributed by atoms with Crippen LogP contribution >= 0.6 is 34.7 Å². The number of halogens is 1. The van der Waals surface area contributed by atoms with Crippen LogP contribution in [0, 0.1) is 6.92 Å². The van der Waals surface area contributed by atoms with Crippen molar-refractivity contribution >= 4 is 44.9 Å². The van der Waals surface area contributed by atoms with Crippen LogP contribution in [0.2, 0.25) is 5.02 Å². The first-order chi connectivity index (χ1) is 15.5. The molecule has 1 aliphatic carbocycles. The average molecular weight is 481 g/mol. The Balaban J connectivity index is 1.52. The molecule has 0 aliphatic heterocycles. The first-order valence-corrected chi connectivity index (χ1v) is 13.1. The zero-order chi connectivity index (χ0) is 22.2. The van der Waals surface area contributed by atoms with Gasteiger partial charge in [-0.2, -0.15) is 4.98 Å². The highest BCUT2D eigenvalue weighted by molar-refractivity contribution is 7.98. The second-order valence-corrected chi connectivity index (χ2v) is 11.1. The standard InChI is InChI=1S/C26H25ClN2OS2/c1-15(2)17-11-16(3)12-19(13-17)30-25-24-21-5-4-6-22(21)32-26(24)29-23(28-25)14-31-20-9-7-18(27)8-10-20/h7-13,15H,4-6,14H2,1-3H3. The molecule has 4 aromatic rings. The second kappa shape index (κ2) is 9.05. The van der Waals surface area contributed by atoms with E-state index in [0.717, 1.165) is 44.6 Å². The van der Waals surface area contributed by atoms with Crippen molar-refractivity contribution in [3.63, 3.8) is 0 Å². The Morgan fingerprint density at radius 1 is 1.09 bits per heavy atom. The summed E-state index contributed by atoms with van der Waals surface area (Å²) in [4.78, 5) is 13.5. The van der Waals surface area contributed by atoms with Gasteiger partial charge in [-0.1, -0.05) is 31.5 Å². The maximum atomic E-state index is 6.48. The molecule has 0 spiro atoms. The van der Waals surface area contributed by atoms with Gasteiger partial charge in [0.25, 0.3) is 0 Å². The molecule has 0 unspecified atom stereocenters. The number of aryl methyl sites for hydroxylation is 3. The topological polar surface area (TPSA) is 35.0 Å². The smallest absolute Gasteiger partial charge is 0.231 e. The molecule has 1 aliphatic rings. The minimum Gasteiger partial charge on any atom is -0.438 e. The Morgan fingerprint density at radius 2 is 1.91 bits per heavy atom. The third kappa shape index (κ3) is 4.52. The Morgan fingerprint density at radius 3 is 2.69 bits per heavy atom. The van der Waals surface area contributed by atoms with Crippen molar-refractivity contribution in [3.05, 3.63) is 74.9 Å². The number of hydrogen-bond donors (Lipinski definition) is 0. The third-order valence-electron chi connectivity index (χ3n) is 5.71. The lowest BCUT2D eigenvalue weighted by Gasteiger charge is -2.13. The molecule has 6 heteroatoms. The summed E-state index contributed by atoms with van der Waals surface area (Å²) in [6, 6.07) is 14.3. The van der Waals surface area contributed by atoms with Gasteiger partial charge < -0.3 is 4.74 Å². The van der Waals surface area contributed by atoms with Crippen LogP contribution in [0.3, 0.4) is 0 Å². The fraction of sp³-hybridized carbons (Fsp3) is 0.308. The highest BCUT2D eigenvalue weighted by Gasteiger charge is 2.23. The van der Waals surface area contributed by atoms with Gasteiger partial charge in [0.2, 0.25) is 5.88 Å². The van der Waals surface area contributed by atoms with E-state index in [1.165, 1.54) is 28.0 Å². The molecule has 5 rings (SSSR count). The average Bonchev–Trinajstić information content (AvgIpc) is 3.34. The first-order valence-electron chi connectivity index (χ1n) is 11.0. The summed E-state index contributed by atoms with van der Waals surface area (Å²) in [5.41, 5.74) is 3.86. The van der Waals surface area contributed by atoms with E-state index < -0.39 is 0 Å². The van der Waals surface area contributed by atoms with Crippen LogP contribution in [0.1, 0.15) is 53.6 Å². The SMILES string of the molecule is Cc1cc(Oc2nc(CSc3ccc(Cl)cc3)nc3sc4c(c23)CCC4)cc(C(C)C)c1. The van der Waals surface area contributed by atoms with E-state index in [1.807, 2.05) is 24.3 Å². The summed E-state index contributed by atoms with van der Waals surface area (Å²) in [5.74, 6) is 3.47. The predicted octanol–water partition coefficient (Wildman–Crippen LogP) is 8.35. The first kappa shape index (κ1) is 21.7. The fourth-order valence-corrected chi connectivity index (χ4v) is 6.25. The lowest BCUT2D eigenvalue weighted by Crippen LogP contribution is -1.99. The minimum absolute atomic E-state index is 0.444. The normalized spacial score (nSPS) is 13.2. The van der Waals surface area contributed by atoms with Gasteiger partial charge in [-0.15, -0.1) is 23.1 Å². The Bertz CT molecular complexity index is 1280.